The number of urea groups is 1. The number of carbonyl (C=O) groups is 2. The van der Waals surface area contributed by atoms with E-state index in [0.717, 1.165) is 30.6 Å². The summed E-state index contributed by atoms with van der Waals surface area (Å²) in [5.74, 6) is -0.432. The first-order valence-corrected chi connectivity index (χ1v) is 9.21. The predicted molar refractivity (Wildman–Crippen MR) is 101 cm³/mol. The number of rotatable bonds is 10. The van der Waals surface area contributed by atoms with E-state index in [1.54, 1.807) is 0 Å². The molecule has 1 heterocycles. The van der Waals surface area contributed by atoms with Gasteiger partial charge < -0.3 is 24.8 Å². The molecule has 27 heavy (non-hydrogen) atoms. The minimum Gasteiger partial charge on any atom is -0.494 e. The van der Waals surface area contributed by atoms with Crippen LogP contribution in [0.5, 0.6) is 5.75 Å². The molecule has 2 atom stereocenters. The Morgan fingerprint density at radius 3 is 2.56 bits per heavy atom. The lowest BCUT2D eigenvalue weighted by Gasteiger charge is -2.33. The van der Waals surface area contributed by atoms with Crippen molar-refractivity contribution in [3.63, 3.8) is 0 Å². The number of amides is 2. The summed E-state index contributed by atoms with van der Waals surface area (Å²) >= 11 is 0. The molecular weight excluding hydrogens is 348 g/mol. The van der Waals surface area contributed by atoms with Gasteiger partial charge in [-0.3, -0.25) is 4.79 Å². The van der Waals surface area contributed by atoms with Gasteiger partial charge in [-0.1, -0.05) is 38.5 Å². The quantitative estimate of drug-likeness (QED) is 0.484. The van der Waals surface area contributed by atoms with Gasteiger partial charge >= 0.3 is 12.0 Å². The van der Waals surface area contributed by atoms with Crippen LogP contribution in [-0.4, -0.2) is 38.9 Å². The highest BCUT2D eigenvalue weighted by atomic mass is 16.6. The summed E-state index contributed by atoms with van der Waals surface area (Å²) < 4.78 is 15.8. The summed E-state index contributed by atoms with van der Waals surface area (Å²) in [5.41, 5.74) is 1.09. The molecule has 0 aromatic heterocycles. The molecule has 148 valence electrons. The molecule has 7 nitrogen and oxygen atoms in total. The summed E-state index contributed by atoms with van der Waals surface area (Å²) in [5, 5.41) is 5.33. The Morgan fingerprint density at radius 2 is 1.89 bits per heavy atom. The highest BCUT2D eigenvalue weighted by molar-refractivity contribution is 5.85. The number of nitrogens with one attached hydrogen (secondary N) is 2. The zero-order chi connectivity index (χ0) is 19.6. The van der Waals surface area contributed by atoms with Gasteiger partial charge in [-0.2, -0.15) is 0 Å². The Morgan fingerprint density at radius 1 is 1.15 bits per heavy atom. The maximum absolute atomic E-state index is 12.5. The van der Waals surface area contributed by atoms with E-state index in [4.69, 9.17) is 14.2 Å². The van der Waals surface area contributed by atoms with Crippen molar-refractivity contribution in [2.75, 3.05) is 26.9 Å². The second kappa shape index (κ2) is 10.6. The second-order valence-corrected chi connectivity index (χ2v) is 6.36. The fraction of sp³-hybridized carbons (Fsp3) is 0.500. The molecular formula is C20H28N2O5. The van der Waals surface area contributed by atoms with E-state index in [-0.39, 0.29) is 6.61 Å². The van der Waals surface area contributed by atoms with Crippen molar-refractivity contribution < 1.29 is 23.8 Å². The largest absolute Gasteiger partial charge is 0.494 e. The van der Waals surface area contributed by atoms with Gasteiger partial charge in [0.25, 0.3) is 0 Å². The number of hydrogen-bond donors (Lipinski definition) is 2. The summed E-state index contributed by atoms with van der Waals surface area (Å²) in [6, 6.07) is 6.40. The number of carbonyl (C=O) groups excluding carboxylic acids is 2. The average Bonchev–Trinajstić information content (AvgIpc) is 2.65. The van der Waals surface area contributed by atoms with Gasteiger partial charge in [0.2, 0.25) is 0 Å². The molecule has 1 fully saturated rings. The molecule has 0 spiro atoms. The van der Waals surface area contributed by atoms with Crippen molar-refractivity contribution in [2.24, 2.45) is 5.92 Å². The third kappa shape index (κ3) is 5.99. The van der Waals surface area contributed by atoms with E-state index in [1.165, 1.54) is 7.11 Å². The van der Waals surface area contributed by atoms with E-state index in [0.29, 0.717) is 18.9 Å². The van der Waals surface area contributed by atoms with Crippen LogP contribution in [0.4, 0.5) is 4.79 Å². The van der Waals surface area contributed by atoms with Gasteiger partial charge in [0.05, 0.1) is 19.3 Å². The lowest BCUT2D eigenvalue weighted by molar-refractivity contribution is -0.149. The van der Waals surface area contributed by atoms with Crippen molar-refractivity contribution in [2.45, 2.75) is 32.2 Å². The molecule has 1 aliphatic rings. The predicted octanol–water partition coefficient (Wildman–Crippen LogP) is 2.93. The normalized spacial score (nSPS) is 19.2. The van der Waals surface area contributed by atoms with Gasteiger partial charge in [-0.15, -0.1) is 0 Å². The molecule has 1 aromatic carbocycles. The van der Waals surface area contributed by atoms with Gasteiger partial charge in [-0.25, -0.2) is 4.79 Å². The Balaban J connectivity index is 2.08. The third-order valence-corrected chi connectivity index (χ3v) is 4.31. The molecule has 0 saturated carbocycles. The lowest BCUT2D eigenvalue weighted by Crippen LogP contribution is -2.51. The second-order valence-electron chi connectivity index (χ2n) is 6.36. The molecule has 1 aromatic rings. The van der Waals surface area contributed by atoms with E-state index >= 15 is 0 Å². The average molecular weight is 376 g/mol. The van der Waals surface area contributed by atoms with Crippen LogP contribution in [0.1, 0.15) is 37.8 Å². The third-order valence-electron chi connectivity index (χ3n) is 4.31. The molecule has 0 radical (unpaired) electrons. The summed E-state index contributed by atoms with van der Waals surface area (Å²) in [7, 11) is 1.53. The Hall–Kier alpha value is -2.54. The zero-order valence-electron chi connectivity index (χ0n) is 16.0. The molecule has 1 saturated heterocycles. The summed E-state index contributed by atoms with van der Waals surface area (Å²) in [6.45, 7) is 7.08. The van der Waals surface area contributed by atoms with Crippen LogP contribution in [0.25, 0.3) is 0 Å². The van der Waals surface area contributed by atoms with Crippen LogP contribution in [0.3, 0.4) is 0 Å². The molecule has 2 rings (SSSR count). The number of ether oxygens (including phenoxy) is 3. The molecule has 2 amide bonds. The van der Waals surface area contributed by atoms with Crippen molar-refractivity contribution in [1.82, 2.24) is 10.6 Å². The Labute approximate surface area is 160 Å². The molecule has 0 aliphatic carbocycles. The van der Waals surface area contributed by atoms with Gasteiger partial charge in [0.15, 0.2) is 0 Å². The van der Waals surface area contributed by atoms with E-state index in [1.807, 2.05) is 24.3 Å². The zero-order valence-corrected chi connectivity index (χ0v) is 16.0. The van der Waals surface area contributed by atoms with Crippen LogP contribution < -0.4 is 15.4 Å². The fourth-order valence-electron chi connectivity index (χ4n) is 2.87. The topological polar surface area (TPSA) is 85.9 Å². The smallest absolute Gasteiger partial charge is 0.319 e. The Kier molecular flexibility index (Phi) is 8.13. The first kappa shape index (κ1) is 20.8. The van der Waals surface area contributed by atoms with Gasteiger partial charge in [0, 0.05) is 12.8 Å². The molecule has 0 unspecified atom stereocenters. The number of hydrogen-bond acceptors (Lipinski definition) is 5. The van der Waals surface area contributed by atoms with Crippen LogP contribution in [-0.2, 0) is 14.3 Å². The standard InChI is InChI=1S/C20H28N2O5/c1-4-5-6-11-26-16-9-7-15(8-10-16)18-17(14(2)21-20(24)22-18)19(23)27-13-12-25-3/h7-10,17-18H,2,4-6,11-13H2,1,3H3,(H2,21,22,24)/t17-,18+/m0/s1. The van der Waals surface area contributed by atoms with Crippen molar-refractivity contribution >= 4 is 12.0 Å². The minimum absolute atomic E-state index is 0.143. The molecule has 7 heteroatoms. The highest BCUT2D eigenvalue weighted by Gasteiger charge is 2.38. The summed E-state index contributed by atoms with van der Waals surface area (Å²) in [4.78, 5) is 24.4. The SMILES string of the molecule is C=C1NC(=O)N[C@H](c2ccc(OCCCCC)cc2)[C@H]1C(=O)OCCOC. The number of methoxy groups -OCH3 is 1. The summed E-state index contributed by atoms with van der Waals surface area (Å²) in [6.07, 6.45) is 3.29. The maximum atomic E-state index is 12.5. The molecule has 0 bridgehead atoms. The van der Waals surface area contributed by atoms with Crippen LogP contribution >= 0.6 is 0 Å². The molecule has 2 N–H and O–H groups in total. The maximum Gasteiger partial charge on any atom is 0.319 e. The lowest BCUT2D eigenvalue weighted by atomic mass is 9.89. The number of benzene rings is 1. The van der Waals surface area contributed by atoms with Gasteiger partial charge in [0.1, 0.15) is 18.3 Å². The van der Waals surface area contributed by atoms with Crippen LogP contribution in [0, 0.1) is 5.92 Å². The Bertz CT molecular complexity index is 644. The minimum atomic E-state index is -0.726. The van der Waals surface area contributed by atoms with E-state index in [2.05, 4.69) is 24.1 Å². The van der Waals surface area contributed by atoms with Crippen LogP contribution in [0.15, 0.2) is 36.5 Å². The molecule has 1 aliphatic heterocycles. The number of unbranched alkanes of at least 4 members (excludes halogenated alkanes) is 2. The van der Waals surface area contributed by atoms with Gasteiger partial charge in [-0.05, 0) is 24.1 Å². The first-order valence-electron chi connectivity index (χ1n) is 9.21. The van der Waals surface area contributed by atoms with Crippen molar-refractivity contribution in [1.29, 1.82) is 0 Å². The monoisotopic (exact) mass is 376 g/mol. The van der Waals surface area contributed by atoms with Crippen molar-refractivity contribution in [3.8, 4) is 5.75 Å². The van der Waals surface area contributed by atoms with Crippen LogP contribution in [0.2, 0.25) is 0 Å². The van der Waals surface area contributed by atoms with E-state index < -0.39 is 24.0 Å². The highest BCUT2D eigenvalue weighted by Crippen LogP contribution is 2.31. The van der Waals surface area contributed by atoms with Crippen molar-refractivity contribution in [3.05, 3.63) is 42.1 Å². The first-order chi connectivity index (χ1) is 13.1. The number of esters is 1. The fourth-order valence-corrected chi connectivity index (χ4v) is 2.87. The van der Waals surface area contributed by atoms with E-state index in [9.17, 15) is 9.59 Å².